The first-order valence-electron chi connectivity index (χ1n) is 4.99. The van der Waals surface area contributed by atoms with Crippen molar-refractivity contribution >= 4 is 21.6 Å². The van der Waals surface area contributed by atoms with E-state index in [0.717, 1.165) is 0 Å². The molecule has 0 aromatic carbocycles. The molecule has 1 aliphatic carbocycles. The maximum absolute atomic E-state index is 2.44. The monoisotopic (exact) mass is 204 g/mol. The van der Waals surface area contributed by atoms with Crippen LogP contribution in [0.5, 0.6) is 0 Å². The van der Waals surface area contributed by atoms with Crippen LogP contribution in [0, 0.1) is 0 Å². The molecular weight excluding hydrogens is 184 g/mol. The van der Waals surface area contributed by atoms with Crippen LogP contribution in [0.25, 0.3) is 0 Å². The Labute approximate surface area is 84.7 Å². The van der Waals surface area contributed by atoms with E-state index in [-0.39, 0.29) is 0 Å². The maximum atomic E-state index is 2.44. The molecular formula is C10H20S2. The summed E-state index contributed by atoms with van der Waals surface area (Å²) in [7, 11) is 4.03. The molecule has 0 heterocycles. The quantitative estimate of drug-likeness (QED) is 0.607. The molecule has 72 valence electrons. The molecule has 0 bridgehead atoms. The summed E-state index contributed by atoms with van der Waals surface area (Å²) >= 11 is 0. The Morgan fingerprint density at radius 3 is 1.92 bits per heavy atom. The smallest absolute Gasteiger partial charge is 0.0235 e. The second-order valence-electron chi connectivity index (χ2n) is 3.97. The lowest BCUT2D eigenvalue weighted by Crippen LogP contribution is -2.19. The molecule has 0 radical (unpaired) electrons. The Kier molecular flexibility index (Phi) is 4.88. The Bertz CT molecular complexity index is 115. The van der Waals surface area contributed by atoms with E-state index in [1.54, 1.807) is 0 Å². The van der Waals surface area contributed by atoms with Gasteiger partial charge in [0, 0.05) is 4.75 Å². The molecule has 0 aromatic heterocycles. The summed E-state index contributed by atoms with van der Waals surface area (Å²) in [6.45, 7) is 2.44. The molecule has 0 aromatic rings. The molecule has 12 heavy (non-hydrogen) atoms. The summed E-state index contributed by atoms with van der Waals surface area (Å²) < 4.78 is 0.583. The highest BCUT2D eigenvalue weighted by atomic mass is 33.1. The lowest BCUT2D eigenvalue weighted by atomic mass is 9.92. The van der Waals surface area contributed by atoms with E-state index in [9.17, 15) is 0 Å². The Hall–Kier alpha value is 0.700. The van der Waals surface area contributed by atoms with Crippen LogP contribution >= 0.6 is 21.6 Å². The summed E-state index contributed by atoms with van der Waals surface area (Å²) in [6.07, 6.45) is 12.4. The van der Waals surface area contributed by atoms with E-state index in [2.05, 4.69) is 24.0 Å². The van der Waals surface area contributed by atoms with Crippen LogP contribution < -0.4 is 0 Å². The van der Waals surface area contributed by atoms with Crippen molar-refractivity contribution in [3.8, 4) is 0 Å². The van der Waals surface area contributed by atoms with Gasteiger partial charge in [-0.25, -0.2) is 0 Å². The van der Waals surface area contributed by atoms with E-state index >= 15 is 0 Å². The van der Waals surface area contributed by atoms with Crippen LogP contribution in [-0.2, 0) is 0 Å². The third kappa shape index (κ3) is 3.61. The van der Waals surface area contributed by atoms with Crippen LogP contribution in [0.1, 0.15) is 51.9 Å². The molecule has 0 atom stereocenters. The number of hydrogen-bond donors (Lipinski definition) is 0. The highest BCUT2D eigenvalue weighted by Crippen LogP contribution is 2.42. The summed E-state index contributed by atoms with van der Waals surface area (Å²) in [5.41, 5.74) is 0. The molecule has 1 rings (SSSR count). The summed E-state index contributed by atoms with van der Waals surface area (Å²) in [6, 6.07) is 0. The first-order chi connectivity index (χ1) is 5.77. The normalized spacial score (nSPS) is 24.5. The van der Waals surface area contributed by atoms with E-state index in [1.807, 2.05) is 10.8 Å². The minimum atomic E-state index is 0.583. The molecule has 1 aliphatic rings. The molecule has 2 heteroatoms. The van der Waals surface area contributed by atoms with Gasteiger partial charge in [-0.2, -0.15) is 0 Å². The zero-order valence-electron chi connectivity index (χ0n) is 8.27. The van der Waals surface area contributed by atoms with Crippen molar-refractivity contribution in [2.75, 3.05) is 6.26 Å². The standard InChI is InChI=1S/C10H20S2/c1-10(12-11-2)8-6-4-3-5-7-9-10/h3-9H2,1-2H3. The average Bonchev–Trinajstić information content (AvgIpc) is 1.99. The van der Waals surface area contributed by atoms with Crippen molar-refractivity contribution in [3.63, 3.8) is 0 Å². The molecule has 0 spiro atoms. The SMILES string of the molecule is CSSC1(C)CCCCCCC1. The third-order valence-electron chi connectivity index (χ3n) is 2.70. The fourth-order valence-corrected chi connectivity index (χ4v) is 4.50. The number of rotatable bonds is 2. The second-order valence-corrected chi connectivity index (χ2v) is 6.95. The van der Waals surface area contributed by atoms with Gasteiger partial charge in [-0.1, -0.05) is 53.7 Å². The molecule has 0 saturated heterocycles. The van der Waals surface area contributed by atoms with Crippen molar-refractivity contribution in [2.45, 2.75) is 56.6 Å². The van der Waals surface area contributed by atoms with Crippen molar-refractivity contribution in [3.05, 3.63) is 0 Å². The summed E-state index contributed by atoms with van der Waals surface area (Å²) in [5.74, 6) is 0. The minimum absolute atomic E-state index is 0.583. The molecule has 0 N–H and O–H groups in total. The number of hydrogen-bond acceptors (Lipinski definition) is 2. The van der Waals surface area contributed by atoms with Gasteiger partial charge in [0.1, 0.15) is 0 Å². The van der Waals surface area contributed by atoms with Gasteiger partial charge in [-0.15, -0.1) is 0 Å². The third-order valence-corrected chi connectivity index (χ3v) is 5.38. The van der Waals surface area contributed by atoms with Crippen LogP contribution in [0.2, 0.25) is 0 Å². The summed E-state index contributed by atoms with van der Waals surface area (Å²) in [4.78, 5) is 0. The topological polar surface area (TPSA) is 0 Å². The van der Waals surface area contributed by atoms with E-state index in [4.69, 9.17) is 0 Å². The molecule has 1 fully saturated rings. The molecule has 0 aliphatic heterocycles. The zero-order chi connectivity index (χ0) is 8.86. The predicted molar refractivity (Wildman–Crippen MR) is 61.8 cm³/mol. The van der Waals surface area contributed by atoms with Gasteiger partial charge in [0.15, 0.2) is 0 Å². The lowest BCUT2D eigenvalue weighted by molar-refractivity contribution is 0.438. The fraction of sp³-hybridized carbons (Fsp3) is 1.00. The Morgan fingerprint density at radius 1 is 0.917 bits per heavy atom. The van der Waals surface area contributed by atoms with Gasteiger partial charge >= 0.3 is 0 Å². The Balaban J connectivity index is 2.36. The second kappa shape index (κ2) is 5.43. The van der Waals surface area contributed by atoms with Gasteiger partial charge in [-0.3, -0.25) is 0 Å². The van der Waals surface area contributed by atoms with Crippen LogP contribution in [0.15, 0.2) is 0 Å². The predicted octanol–water partition coefficient (Wildman–Crippen LogP) is 4.50. The average molecular weight is 204 g/mol. The molecule has 0 amide bonds. The maximum Gasteiger partial charge on any atom is 0.0235 e. The van der Waals surface area contributed by atoms with Crippen molar-refractivity contribution in [2.24, 2.45) is 0 Å². The molecule has 0 nitrogen and oxygen atoms in total. The molecule has 1 saturated carbocycles. The highest BCUT2D eigenvalue weighted by Gasteiger charge is 2.24. The largest absolute Gasteiger partial charge is 0.0970 e. The van der Waals surface area contributed by atoms with Gasteiger partial charge in [-0.05, 0) is 26.0 Å². The van der Waals surface area contributed by atoms with Crippen molar-refractivity contribution in [1.29, 1.82) is 0 Å². The van der Waals surface area contributed by atoms with Gasteiger partial charge in [0.05, 0.1) is 0 Å². The van der Waals surface area contributed by atoms with E-state index in [0.29, 0.717) is 4.75 Å². The van der Waals surface area contributed by atoms with Crippen LogP contribution in [-0.4, -0.2) is 11.0 Å². The Morgan fingerprint density at radius 2 is 1.42 bits per heavy atom. The van der Waals surface area contributed by atoms with Gasteiger partial charge in [0.2, 0.25) is 0 Å². The molecule has 0 unspecified atom stereocenters. The van der Waals surface area contributed by atoms with Gasteiger partial charge in [0.25, 0.3) is 0 Å². The highest BCUT2D eigenvalue weighted by molar-refractivity contribution is 8.76. The first kappa shape index (κ1) is 10.8. The minimum Gasteiger partial charge on any atom is -0.0970 e. The summed E-state index contributed by atoms with van der Waals surface area (Å²) in [5, 5.41) is 0. The van der Waals surface area contributed by atoms with E-state index < -0.39 is 0 Å². The fourth-order valence-electron chi connectivity index (χ4n) is 1.94. The van der Waals surface area contributed by atoms with Gasteiger partial charge < -0.3 is 0 Å². The van der Waals surface area contributed by atoms with E-state index in [1.165, 1.54) is 44.9 Å². The van der Waals surface area contributed by atoms with Crippen molar-refractivity contribution < 1.29 is 0 Å². The zero-order valence-corrected chi connectivity index (χ0v) is 9.90. The van der Waals surface area contributed by atoms with Crippen LogP contribution in [0.4, 0.5) is 0 Å². The van der Waals surface area contributed by atoms with Crippen molar-refractivity contribution in [1.82, 2.24) is 0 Å². The van der Waals surface area contributed by atoms with Crippen LogP contribution in [0.3, 0.4) is 0 Å². The first-order valence-corrected chi connectivity index (χ1v) is 7.54. The lowest BCUT2D eigenvalue weighted by Gasteiger charge is -2.29.